The van der Waals surface area contributed by atoms with Crippen LogP contribution in [0.3, 0.4) is 0 Å². The molecule has 0 bridgehead atoms. The Morgan fingerprint density at radius 3 is 1.67 bits per heavy atom. The van der Waals surface area contributed by atoms with Gasteiger partial charge >= 0.3 is 0 Å². The van der Waals surface area contributed by atoms with Gasteiger partial charge in [0.15, 0.2) is 0 Å². The Kier molecular flexibility index (Phi) is 1.30. The average molecular weight is 147 g/mol. The summed E-state index contributed by atoms with van der Waals surface area (Å²) in [6.07, 6.45) is 8.24. The summed E-state index contributed by atoms with van der Waals surface area (Å²) < 4.78 is 2.51. The predicted octanol–water partition coefficient (Wildman–Crippen LogP) is 1.27. The van der Waals surface area contributed by atoms with E-state index in [-0.39, 0.29) is 0 Å². The maximum absolute atomic E-state index is 4.26. The Morgan fingerprint density at radius 1 is 1.22 bits per heavy atom. The summed E-state index contributed by atoms with van der Waals surface area (Å²) in [5.74, 6) is 4.26. The zero-order valence-electron chi connectivity index (χ0n) is 6.68. The van der Waals surface area contributed by atoms with Crippen LogP contribution in [0.1, 0.15) is 6.42 Å². The minimum atomic E-state index is -1.32. The van der Waals surface area contributed by atoms with Gasteiger partial charge in [-0.15, -0.1) is 0 Å². The Morgan fingerprint density at radius 2 is 1.67 bits per heavy atom. The van der Waals surface area contributed by atoms with Gasteiger partial charge in [0.25, 0.3) is 0 Å². The molecular formula is C7H17NS. The molecule has 0 spiro atoms. The summed E-state index contributed by atoms with van der Waals surface area (Å²) in [7, 11) is -1.32. The lowest BCUT2D eigenvalue weighted by Gasteiger charge is -2.52. The van der Waals surface area contributed by atoms with E-state index < -0.39 is 8.94 Å². The van der Waals surface area contributed by atoms with Gasteiger partial charge in [-0.05, 0) is 25.2 Å². The van der Waals surface area contributed by atoms with Crippen LogP contribution in [-0.4, -0.2) is 42.0 Å². The predicted molar refractivity (Wildman–Crippen MR) is 48.7 cm³/mol. The van der Waals surface area contributed by atoms with Crippen molar-refractivity contribution in [3.8, 4) is 0 Å². The van der Waals surface area contributed by atoms with Crippen LogP contribution in [0.5, 0.6) is 0 Å². The zero-order valence-corrected chi connectivity index (χ0v) is 7.50. The van der Waals surface area contributed by atoms with Gasteiger partial charge in [0, 0.05) is 13.1 Å². The molecule has 0 aromatic carbocycles. The molecule has 0 radical (unpaired) electrons. The van der Waals surface area contributed by atoms with Crippen molar-refractivity contribution in [1.29, 1.82) is 0 Å². The summed E-state index contributed by atoms with van der Waals surface area (Å²) in [6, 6.07) is 0. The van der Waals surface area contributed by atoms with Crippen molar-refractivity contribution in [3.05, 3.63) is 0 Å². The molecule has 0 atom stereocenters. The van der Waals surface area contributed by atoms with Crippen LogP contribution in [0.15, 0.2) is 0 Å². The van der Waals surface area contributed by atoms with Crippen molar-refractivity contribution in [2.24, 2.45) is 0 Å². The number of hydrogen-bond acceptors (Lipinski definition) is 1. The highest BCUT2D eigenvalue weighted by atomic mass is 32.3. The van der Waals surface area contributed by atoms with Gasteiger partial charge in [0.1, 0.15) is 0 Å². The van der Waals surface area contributed by atoms with Crippen molar-refractivity contribution in [2.75, 3.05) is 31.9 Å². The highest BCUT2D eigenvalue weighted by Crippen LogP contribution is 2.51. The zero-order chi connectivity index (χ0) is 7.15. The highest BCUT2D eigenvalue weighted by molar-refractivity contribution is 8.43. The first-order valence-corrected chi connectivity index (χ1v) is 6.72. The summed E-state index contributed by atoms with van der Waals surface area (Å²) in [5.41, 5.74) is 0. The van der Waals surface area contributed by atoms with E-state index in [1.165, 1.54) is 19.5 Å². The lowest BCUT2D eigenvalue weighted by Crippen LogP contribution is -2.41. The molecule has 1 saturated heterocycles. The first-order valence-electron chi connectivity index (χ1n) is 3.33. The average Bonchev–Trinajstić information content (AvgIpc) is 1.11. The minimum Gasteiger partial charge on any atom is -0.272 e. The minimum absolute atomic E-state index is 1.27. The van der Waals surface area contributed by atoms with Crippen LogP contribution in [0.25, 0.3) is 0 Å². The normalized spacial score (nSPS) is 26.3. The fourth-order valence-electron chi connectivity index (χ4n) is 0.964. The standard InChI is InChI=1S/C7H17NS/c1-9(2,3,4)8-6-5-7-8/h1,5-7H2,2-4H3. The Labute approximate surface area is 58.0 Å². The van der Waals surface area contributed by atoms with E-state index in [9.17, 15) is 0 Å². The number of nitrogens with zero attached hydrogens (tertiary/aromatic N) is 1. The third-order valence-electron chi connectivity index (χ3n) is 1.77. The molecule has 1 rings (SSSR count). The molecule has 1 aliphatic rings. The molecule has 0 N–H and O–H groups in total. The van der Waals surface area contributed by atoms with Crippen molar-refractivity contribution < 1.29 is 0 Å². The second kappa shape index (κ2) is 1.61. The molecule has 0 saturated carbocycles. The fourth-order valence-corrected chi connectivity index (χ4v) is 2.58. The molecule has 1 heterocycles. The topological polar surface area (TPSA) is 3.24 Å². The third-order valence-corrected chi connectivity index (χ3v) is 4.05. The molecule has 9 heavy (non-hydrogen) atoms. The van der Waals surface area contributed by atoms with Gasteiger partial charge in [-0.25, -0.2) is 8.94 Å². The van der Waals surface area contributed by atoms with E-state index in [0.717, 1.165) is 0 Å². The first-order chi connectivity index (χ1) is 3.86. The second-order valence-corrected chi connectivity index (χ2v) is 10.1. The van der Waals surface area contributed by atoms with E-state index in [1.807, 2.05) is 0 Å². The SMILES string of the molecule is C=S(C)(C)(C)N1CCC1. The van der Waals surface area contributed by atoms with Crippen LogP contribution in [0.4, 0.5) is 0 Å². The van der Waals surface area contributed by atoms with E-state index in [4.69, 9.17) is 0 Å². The van der Waals surface area contributed by atoms with E-state index in [1.54, 1.807) is 0 Å². The van der Waals surface area contributed by atoms with Crippen molar-refractivity contribution in [2.45, 2.75) is 6.42 Å². The van der Waals surface area contributed by atoms with Gasteiger partial charge in [-0.2, -0.15) is 0 Å². The van der Waals surface area contributed by atoms with Crippen molar-refractivity contribution >= 4 is 14.8 Å². The molecule has 0 unspecified atom stereocenters. The molecule has 2 heteroatoms. The fraction of sp³-hybridized carbons (Fsp3) is 0.857. The summed E-state index contributed by atoms with van der Waals surface area (Å²) in [6.45, 7) is 2.55. The smallest absolute Gasteiger partial charge is 0.00819 e. The number of hydrogen-bond donors (Lipinski definition) is 0. The third kappa shape index (κ3) is 1.55. The van der Waals surface area contributed by atoms with Gasteiger partial charge in [0.05, 0.1) is 0 Å². The Bertz CT molecular complexity index is 162. The molecule has 1 fully saturated rings. The summed E-state index contributed by atoms with van der Waals surface area (Å²) in [5, 5.41) is 0. The molecule has 0 aromatic heterocycles. The second-order valence-electron chi connectivity index (χ2n) is 4.05. The monoisotopic (exact) mass is 147 g/mol. The summed E-state index contributed by atoms with van der Waals surface area (Å²) >= 11 is 0. The largest absolute Gasteiger partial charge is 0.272 e. The van der Waals surface area contributed by atoms with Gasteiger partial charge in [-0.1, -0.05) is 5.87 Å². The van der Waals surface area contributed by atoms with Crippen LogP contribution >= 0.6 is 8.94 Å². The molecule has 0 aromatic rings. The Balaban J connectivity index is 2.71. The lowest BCUT2D eigenvalue weighted by atomic mass is 10.3. The van der Waals surface area contributed by atoms with E-state index >= 15 is 0 Å². The maximum atomic E-state index is 4.26. The Hall–Kier alpha value is 0.180. The van der Waals surface area contributed by atoms with E-state index in [2.05, 4.69) is 28.9 Å². The van der Waals surface area contributed by atoms with Crippen LogP contribution in [-0.2, 0) is 0 Å². The van der Waals surface area contributed by atoms with Gasteiger partial charge in [-0.3, -0.25) is 4.31 Å². The first kappa shape index (κ1) is 7.29. The quantitative estimate of drug-likeness (QED) is 0.505. The lowest BCUT2D eigenvalue weighted by molar-refractivity contribution is 0.335. The van der Waals surface area contributed by atoms with Crippen LogP contribution < -0.4 is 0 Å². The number of rotatable bonds is 1. The van der Waals surface area contributed by atoms with Gasteiger partial charge in [0.2, 0.25) is 0 Å². The molecule has 1 nitrogen and oxygen atoms in total. The molecular weight excluding hydrogens is 130 g/mol. The summed E-state index contributed by atoms with van der Waals surface area (Å²) in [4.78, 5) is 0. The van der Waals surface area contributed by atoms with Crippen molar-refractivity contribution in [3.63, 3.8) is 0 Å². The van der Waals surface area contributed by atoms with Crippen LogP contribution in [0, 0.1) is 0 Å². The van der Waals surface area contributed by atoms with Gasteiger partial charge < -0.3 is 0 Å². The highest BCUT2D eigenvalue weighted by Gasteiger charge is 2.26. The van der Waals surface area contributed by atoms with E-state index in [0.29, 0.717) is 0 Å². The van der Waals surface area contributed by atoms with Crippen LogP contribution in [0.2, 0.25) is 0 Å². The molecule has 0 amide bonds. The molecule has 1 aliphatic heterocycles. The molecule has 56 valence electrons. The molecule has 0 aliphatic carbocycles. The van der Waals surface area contributed by atoms with Crippen molar-refractivity contribution in [1.82, 2.24) is 4.31 Å². The maximum Gasteiger partial charge on any atom is 0.00819 e.